The molecule has 0 spiro atoms. The Hall–Kier alpha value is -0.0951. The van der Waals surface area contributed by atoms with E-state index in [-0.39, 0.29) is 6.61 Å². The minimum absolute atomic E-state index is 0.247. The Bertz CT molecular complexity index is 123. The number of ether oxygens (including phenoxy) is 1. The van der Waals surface area contributed by atoms with Crippen LogP contribution in [0.3, 0.4) is 0 Å². The van der Waals surface area contributed by atoms with E-state index < -0.39 is 24.3 Å². The predicted octanol–water partition coefficient (Wildman–Crippen LogP) is -2.44. The van der Waals surface area contributed by atoms with Gasteiger partial charge in [0.25, 0.3) is 0 Å². The van der Waals surface area contributed by atoms with Crippen LogP contribution in [0.2, 0.25) is 0 Å². The van der Waals surface area contributed by atoms with Crippen LogP contribution in [0.4, 0.5) is 0 Å². The van der Waals surface area contributed by atoms with Gasteiger partial charge in [0.2, 0.25) is 0 Å². The quantitative estimate of drug-likeness (QED) is 0.356. The maximum atomic E-state index is 9.14. The molecular formula is C5H10BNO3. The molecule has 1 saturated heterocycles. The first-order valence-corrected chi connectivity index (χ1v) is 3.12. The molecule has 1 rings (SSSR count). The summed E-state index contributed by atoms with van der Waals surface area (Å²) >= 11 is 0. The van der Waals surface area contributed by atoms with Crippen molar-refractivity contribution in [1.29, 1.82) is 0 Å². The zero-order valence-corrected chi connectivity index (χ0v) is 5.47. The van der Waals surface area contributed by atoms with Crippen LogP contribution in [0.15, 0.2) is 0 Å². The second kappa shape index (κ2) is 2.88. The Morgan fingerprint density at radius 3 is 2.40 bits per heavy atom. The molecule has 0 amide bonds. The van der Waals surface area contributed by atoms with Gasteiger partial charge in [0.1, 0.15) is 14.0 Å². The average Bonchev–Trinajstić information content (AvgIpc) is 2.17. The smallest absolute Gasteiger partial charge is 0.111 e. The van der Waals surface area contributed by atoms with Gasteiger partial charge >= 0.3 is 0 Å². The molecule has 1 unspecified atom stereocenters. The van der Waals surface area contributed by atoms with Crippen molar-refractivity contribution < 1.29 is 14.9 Å². The van der Waals surface area contributed by atoms with Crippen LogP contribution in [0.5, 0.6) is 0 Å². The second-order valence-corrected chi connectivity index (χ2v) is 2.39. The van der Waals surface area contributed by atoms with E-state index in [9.17, 15) is 0 Å². The third-order valence-corrected chi connectivity index (χ3v) is 1.67. The second-order valence-electron chi connectivity index (χ2n) is 2.39. The molecule has 0 aliphatic carbocycles. The summed E-state index contributed by atoms with van der Waals surface area (Å²) in [5.74, 6) is 0. The lowest BCUT2D eigenvalue weighted by Gasteiger charge is -2.11. The van der Waals surface area contributed by atoms with Gasteiger partial charge in [0, 0.05) is 6.00 Å². The lowest BCUT2D eigenvalue weighted by atomic mass is 9.91. The van der Waals surface area contributed by atoms with Gasteiger partial charge in [0.15, 0.2) is 0 Å². The monoisotopic (exact) mass is 143 g/mol. The molecule has 0 aromatic carbocycles. The van der Waals surface area contributed by atoms with Gasteiger partial charge in [-0.1, -0.05) is 0 Å². The Balaban J connectivity index is 2.53. The Labute approximate surface area is 60.4 Å². The van der Waals surface area contributed by atoms with E-state index in [1.54, 1.807) is 0 Å². The highest BCUT2D eigenvalue weighted by Gasteiger charge is 2.37. The lowest BCUT2D eigenvalue weighted by molar-refractivity contribution is -0.00436. The number of hydrogen-bond donors (Lipinski definition) is 3. The molecular weight excluding hydrogens is 133 g/mol. The van der Waals surface area contributed by atoms with Crippen LogP contribution in [0.25, 0.3) is 0 Å². The summed E-state index contributed by atoms with van der Waals surface area (Å²) in [6, 6.07) is -1.25. The maximum absolute atomic E-state index is 9.14. The third-order valence-electron chi connectivity index (χ3n) is 1.67. The molecule has 5 heteroatoms. The average molecular weight is 143 g/mol. The highest BCUT2D eigenvalue weighted by Crippen LogP contribution is 2.16. The number of nitrogens with two attached hydrogens (primary N) is 1. The van der Waals surface area contributed by atoms with Crippen molar-refractivity contribution in [3.8, 4) is 0 Å². The topological polar surface area (TPSA) is 75.7 Å². The van der Waals surface area contributed by atoms with Gasteiger partial charge in [-0.15, -0.1) is 0 Å². The molecule has 10 heavy (non-hydrogen) atoms. The lowest BCUT2D eigenvalue weighted by Crippen LogP contribution is -2.41. The first-order valence-electron chi connectivity index (χ1n) is 3.12. The number of hydrogen-bond acceptors (Lipinski definition) is 4. The largest absolute Gasteiger partial charge is 0.394 e. The summed E-state index contributed by atoms with van der Waals surface area (Å²) in [5.41, 5.74) is 5.38. The van der Waals surface area contributed by atoms with E-state index in [0.717, 1.165) is 0 Å². The fraction of sp³-hybridized carbons (Fsp3) is 1.00. The van der Waals surface area contributed by atoms with Gasteiger partial charge in [-0.25, -0.2) is 0 Å². The van der Waals surface area contributed by atoms with Crippen molar-refractivity contribution in [3.63, 3.8) is 0 Å². The summed E-state index contributed by atoms with van der Waals surface area (Å²) < 4.78 is 4.89. The van der Waals surface area contributed by atoms with E-state index in [0.29, 0.717) is 0 Å². The molecule has 1 fully saturated rings. The Morgan fingerprint density at radius 2 is 2.20 bits per heavy atom. The molecule has 1 aliphatic rings. The van der Waals surface area contributed by atoms with Gasteiger partial charge in [-0.3, -0.25) is 0 Å². The molecule has 0 bridgehead atoms. The number of rotatable bonds is 1. The zero-order chi connectivity index (χ0) is 7.72. The summed E-state index contributed by atoms with van der Waals surface area (Å²) in [5, 5.41) is 17.7. The van der Waals surface area contributed by atoms with Crippen LogP contribution in [-0.2, 0) is 4.74 Å². The highest BCUT2D eigenvalue weighted by atomic mass is 16.5. The van der Waals surface area contributed by atoms with E-state index in [1.165, 1.54) is 0 Å². The van der Waals surface area contributed by atoms with E-state index >= 15 is 0 Å². The summed E-state index contributed by atoms with van der Waals surface area (Å²) in [7, 11) is 5.32. The standard InChI is InChI=1S/C5H10BNO3/c6-5-3(7)4(9)2(1-8)10-5/h2-5,8-9H,1,7H2/t2-,3+,4?,5-/m1/s1. The maximum Gasteiger partial charge on any atom is 0.111 e. The predicted molar refractivity (Wildman–Crippen MR) is 35.5 cm³/mol. The third kappa shape index (κ3) is 1.18. The van der Waals surface area contributed by atoms with E-state index in [1.807, 2.05) is 0 Å². The molecule has 1 heterocycles. The van der Waals surface area contributed by atoms with Crippen LogP contribution in [0, 0.1) is 0 Å². The molecule has 4 nitrogen and oxygen atoms in total. The molecule has 2 radical (unpaired) electrons. The molecule has 56 valence electrons. The zero-order valence-electron chi connectivity index (χ0n) is 5.47. The fourth-order valence-electron chi connectivity index (χ4n) is 0.966. The molecule has 0 aromatic rings. The van der Waals surface area contributed by atoms with Gasteiger partial charge < -0.3 is 20.7 Å². The van der Waals surface area contributed by atoms with Crippen LogP contribution >= 0.6 is 0 Å². The van der Waals surface area contributed by atoms with Crippen molar-refractivity contribution in [2.45, 2.75) is 24.3 Å². The summed E-state index contributed by atoms with van der Waals surface area (Å²) in [6.45, 7) is -0.247. The molecule has 1 aliphatic heterocycles. The SMILES string of the molecule is [B][C@@H]1O[C@H](CO)C(O)[C@@H]1N. The van der Waals surface area contributed by atoms with Crippen LogP contribution in [0.1, 0.15) is 0 Å². The fourth-order valence-corrected chi connectivity index (χ4v) is 0.966. The Kier molecular flexibility index (Phi) is 2.30. The first kappa shape index (κ1) is 8.01. The van der Waals surface area contributed by atoms with E-state index in [2.05, 4.69) is 0 Å². The van der Waals surface area contributed by atoms with Crippen molar-refractivity contribution >= 4 is 7.85 Å². The first-order chi connectivity index (χ1) is 4.66. The van der Waals surface area contributed by atoms with Gasteiger partial charge in [-0.2, -0.15) is 0 Å². The molecule has 4 N–H and O–H groups in total. The normalized spacial score (nSPS) is 47.9. The Morgan fingerprint density at radius 1 is 1.60 bits per heavy atom. The number of aliphatic hydroxyl groups excluding tert-OH is 2. The minimum Gasteiger partial charge on any atom is -0.394 e. The molecule has 0 aromatic heterocycles. The van der Waals surface area contributed by atoms with Gasteiger partial charge in [0.05, 0.1) is 18.8 Å². The van der Waals surface area contributed by atoms with Crippen molar-refractivity contribution in [2.24, 2.45) is 5.73 Å². The van der Waals surface area contributed by atoms with Gasteiger partial charge in [-0.05, 0) is 0 Å². The minimum atomic E-state index is -0.847. The summed E-state index contributed by atoms with van der Waals surface area (Å²) in [4.78, 5) is 0. The van der Waals surface area contributed by atoms with Crippen molar-refractivity contribution in [2.75, 3.05) is 6.61 Å². The van der Waals surface area contributed by atoms with Crippen LogP contribution in [-0.4, -0.2) is 48.9 Å². The van der Waals surface area contributed by atoms with Crippen LogP contribution < -0.4 is 5.73 Å². The van der Waals surface area contributed by atoms with E-state index in [4.69, 9.17) is 28.5 Å². The van der Waals surface area contributed by atoms with Crippen molar-refractivity contribution in [3.05, 3.63) is 0 Å². The molecule has 4 atom stereocenters. The number of aliphatic hydroxyl groups is 2. The highest BCUT2D eigenvalue weighted by molar-refractivity contribution is 6.11. The van der Waals surface area contributed by atoms with Crippen molar-refractivity contribution in [1.82, 2.24) is 0 Å². The summed E-state index contributed by atoms with van der Waals surface area (Å²) in [6.07, 6.45) is -1.47. The molecule has 0 saturated carbocycles.